The number of carbonyl (C=O) groups is 3. The number of amides is 2. The van der Waals surface area contributed by atoms with E-state index in [2.05, 4.69) is 15.9 Å². The van der Waals surface area contributed by atoms with Crippen molar-refractivity contribution >= 4 is 33.9 Å². The average Bonchev–Trinajstić information content (AvgIpc) is 2.28. The number of halogens is 1. The third-order valence-electron chi connectivity index (χ3n) is 2.47. The van der Waals surface area contributed by atoms with Crippen molar-refractivity contribution in [3.05, 3.63) is 0 Å². The number of carbonyl (C=O) groups excluding carboxylic acids is 1. The molecule has 0 unspecified atom stereocenters. The molecule has 96 valence electrons. The number of nitrogens with zero attached hydrogens (tertiary/aromatic N) is 2. The Balaban J connectivity index is 2.95. The molecule has 0 radical (unpaired) electrons. The molecule has 1 rings (SSSR count). The summed E-state index contributed by atoms with van der Waals surface area (Å²) in [7, 11) is 0. The van der Waals surface area contributed by atoms with Gasteiger partial charge in [-0.05, 0) is 12.8 Å². The highest BCUT2D eigenvalue weighted by molar-refractivity contribution is 9.09. The molecule has 1 aliphatic rings. The van der Waals surface area contributed by atoms with Gasteiger partial charge in [-0.25, -0.2) is 19.6 Å². The van der Waals surface area contributed by atoms with Crippen LogP contribution in [0.15, 0.2) is 0 Å². The fourth-order valence-electron chi connectivity index (χ4n) is 1.75. The van der Waals surface area contributed by atoms with E-state index in [4.69, 9.17) is 10.2 Å². The van der Waals surface area contributed by atoms with Gasteiger partial charge in [-0.3, -0.25) is 4.79 Å². The predicted octanol–water partition coefficient (Wildman–Crippen LogP) is 0.742. The molecule has 1 aliphatic heterocycles. The second kappa shape index (κ2) is 5.85. The van der Waals surface area contributed by atoms with Crippen molar-refractivity contribution in [2.24, 2.45) is 0 Å². The standard InChI is InChI=1S/C9H13BrN2O5/c10-4-3-7(13)12-6(8(14)15)2-1-5-11(12)9(16)17/h6H,1-5H2,(H,14,15)(H,16,17)/t6-/m0/s1. The molecule has 8 heteroatoms. The molecule has 2 N–H and O–H groups in total. The Morgan fingerprint density at radius 2 is 1.94 bits per heavy atom. The van der Waals surface area contributed by atoms with Crippen LogP contribution in [0.1, 0.15) is 19.3 Å². The summed E-state index contributed by atoms with van der Waals surface area (Å²) < 4.78 is 0. The van der Waals surface area contributed by atoms with Gasteiger partial charge in [0.2, 0.25) is 5.91 Å². The Bertz CT molecular complexity index is 313. The Kier molecular flexibility index (Phi) is 4.73. The number of alkyl halides is 1. The average molecular weight is 309 g/mol. The van der Waals surface area contributed by atoms with Crippen molar-refractivity contribution < 1.29 is 24.6 Å². The molecular formula is C9H13BrN2O5. The SMILES string of the molecule is O=C(O)[C@@H]1CCCN(C(=O)O)N1C(=O)CCBr. The number of hydrazine groups is 1. The minimum absolute atomic E-state index is 0.0631. The monoisotopic (exact) mass is 308 g/mol. The van der Waals surface area contributed by atoms with Crippen LogP contribution in [-0.4, -0.2) is 56.1 Å². The maximum absolute atomic E-state index is 11.8. The summed E-state index contributed by atoms with van der Waals surface area (Å²) in [6.07, 6.45) is -0.541. The molecule has 0 aromatic heterocycles. The smallest absolute Gasteiger partial charge is 0.426 e. The minimum Gasteiger partial charge on any atom is -0.480 e. The number of hydrogen-bond acceptors (Lipinski definition) is 3. The molecule has 0 aromatic rings. The van der Waals surface area contributed by atoms with E-state index >= 15 is 0 Å². The highest BCUT2D eigenvalue weighted by atomic mass is 79.9. The predicted molar refractivity (Wildman–Crippen MR) is 60.6 cm³/mol. The zero-order chi connectivity index (χ0) is 13.0. The molecule has 17 heavy (non-hydrogen) atoms. The summed E-state index contributed by atoms with van der Waals surface area (Å²) in [6, 6.07) is -1.09. The first-order valence-corrected chi connectivity index (χ1v) is 6.22. The lowest BCUT2D eigenvalue weighted by atomic mass is 10.1. The van der Waals surface area contributed by atoms with E-state index in [1.165, 1.54) is 0 Å². The first-order chi connectivity index (χ1) is 7.99. The van der Waals surface area contributed by atoms with Gasteiger partial charge in [0.25, 0.3) is 0 Å². The molecule has 0 aromatic carbocycles. The minimum atomic E-state index is -1.31. The van der Waals surface area contributed by atoms with E-state index in [-0.39, 0.29) is 19.4 Å². The first-order valence-electron chi connectivity index (χ1n) is 5.10. The highest BCUT2D eigenvalue weighted by Crippen LogP contribution is 2.20. The second-order valence-electron chi connectivity index (χ2n) is 3.58. The van der Waals surface area contributed by atoms with Crippen LogP contribution in [0.2, 0.25) is 0 Å². The van der Waals surface area contributed by atoms with E-state index in [1.807, 2.05) is 0 Å². The van der Waals surface area contributed by atoms with E-state index in [1.54, 1.807) is 0 Å². The highest BCUT2D eigenvalue weighted by Gasteiger charge is 2.39. The second-order valence-corrected chi connectivity index (χ2v) is 4.37. The molecule has 1 fully saturated rings. The van der Waals surface area contributed by atoms with Gasteiger partial charge >= 0.3 is 12.1 Å². The van der Waals surface area contributed by atoms with Gasteiger partial charge in [0, 0.05) is 18.3 Å². The fraction of sp³-hybridized carbons (Fsp3) is 0.667. The zero-order valence-corrected chi connectivity index (χ0v) is 10.6. The van der Waals surface area contributed by atoms with Crippen LogP contribution in [0.4, 0.5) is 4.79 Å². The van der Waals surface area contributed by atoms with Gasteiger partial charge in [-0.2, -0.15) is 0 Å². The Morgan fingerprint density at radius 1 is 1.29 bits per heavy atom. The summed E-state index contributed by atoms with van der Waals surface area (Å²) in [5, 5.41) is 19.9. The van der Waals surface area contributed by atoms with Gasteiger partial charge in [0.1, 0.15) is 0 Å². The van der Waals surface area contributed by atoms with E-state index in [0.717, 1.165) is 10.0 Å². The molecule has 0 aliphatic carbocycles. The largest absolute Gasteiger partial charge is 0.480 e. The van der Waals surface area contributed by atoms with Crippen molar-refractivity contribution in [2.75, 3.05) is 11.9 Å². The van der Waals surface area contributed by atoms with Crippen LogP contribution in [-0.2, 0) is 9.59 Å². The summed E-state index contributed by atoms with van der Waals surface area (Å²) in [6.45, 7) is 0.146. The summed E-state index contributed by atoms with van der Waals surface area (Å²) >= 11 is 3.07. The van der Waals surface area contributed by atoms with Gasteiger partial charge in [-0.1, -0.05) is 15.9 Å². The van der Waals surface area contributed by atoms with E-state index in [9.17, 15) is 14.4 Å². The van der Waals surface area contributed by atoms with Gasteiger partial charge in [0.15, 0.2) is 6.04 Å². The van der Waals surface area contributed by atoms with Crippen LogP contribution < -0.4 is 0 Å². The normalized spacial score (nSPS) is 20.2. The lowest BCUT2D eigenvalue weighted by Gasteiger charge is -2.40. The topological polar surface area (TPSA) is 98.2 Å². The van der Waals surface area contributed by atoms with Crippen LogP contribution in [0.5, 0.6) is 0 Å². The Morgan fingerprint density at radius 3 is 2.41 bits per heavy atom. The molecule has 0 bridgehead atoms. The number of carboxylic acids is 1. The number of rotatable bonds is 3. The molecule has 1 heterocycles. The molecule has 7 nitrogen and oxygen atoms in total. The van der Waals surface area contributed by atoms with Crippen molar-refractivity contribution in [3.63, 3.8) is 0 Å². The first kappa shape index (κ1) is 13.8. The van der Waals surface area contributed by atoms with Crippen LogP contribution in [0, 0.1) is 0 Å². The molecule has 0 saturated carbocycles. The molecular weight excluding hydrogens is 296 g/mol. The number of aliphatic carboxylic acids is 1. The van der Waals surface area contributed by atoms with Crippen molar-refractivity contribution in [3.8, 4) is 0 Å². The molecule has 0 spiro atoms. The molecule has 1 atom stereocenters. The van der Waals surface area contributed by atoms with Crippen molar-refractivity contribution in [1.82, 2.24) is 10.0 Å². The fourth-order valence-corrected chi connectivity index (χ4v) is 2.09. The van der Waals surface area contributed by atoms with Gasteiger partial charge in [0.05, 0.1) is 0 Å². The summed E-state index contributed by atoms with van der Waals surface area (Å²) in [5.41, 5.74) is 0. The zero-order valence-electron chi connectivity index (χ0n) is 9.00. The maximum Gasteiger partial charge on any atom is 0.426 e. The van der Waals surface area contributed by atoms with Crippen LogP contribution in [0.25, 0.3) is 0 Å². The number of hydrogen-bond donors (Lipinski definition) is 2. The Hall–Kier alpha value is -1.31. The van der Waals surface area contributed by atoms with E-state index < -0.39 is 24.0 Å². The van der Waals surface area contributed by atoms with Crippen LogP contribution >= 0.6 is 15.9 Å². The quantitative estimate of drug-likeness (QED) is 0.749. The molecule has 2 amide bonds. The lowest BCUT2D eigenvalue weighted by molar-refractivity contribution is -0.169. The Labute approximate surface area is 106 Å². The maximum atomic E-state index is 11.8. The van der Waals surface area contributed by atoms with Gasteiger partial charge in [-0.15, -0.1) is 0 Å². The van der Waals surface area contributed by atoms with Crippen molar-refractivity contribution in [2.45, 2.75) is 25.3 Å². The summed E-state index contributed by atoms with van der Waals surface area (Å²) in [5.74, 6) is -1.68. The lowest BCUT2D eigenvalue weighted by Crippen LogP contribution is -2.59. The summed E-state index contributed by atoms with van der Waals surface area (Å²) in [4.78, 5) is 33.7. The van der Waals surface area contributed by atoms with Gasteiger partial charge < -0.3 is 10.2 Å². The third-order valence-corrected chi connectivity index (χ3v) is 2.87. The van der Waals surface area contributed by atoms with Crippen molar-refractivity contribution in [1.29, 1.82) is 0 Å². The number of carboxylic acid groups (broad SMARTS) is 2. The van der Waals surface area contributed by atoms with E-state index in [0.29, 0.717) is 11.8 Å². The third kappa shape index (κ3) is 3.09. The van der Waals surface area contributed by atoms with Crippen LogP contribution in [0.3, 0.4) is 0 Å². The molecule has 1 saturated heterocycles.